The van der Waals surface area contributed by atoms with Crippen LogP contribution in [0.25, 0.3) is 0 Å². The van der Waals surface area contributed by atoms with Crippen LogP contribution in [-0.4, -0.2) is 9.91 Å². The number of nitrogens with zero attached hydrogens (tertiary/aromatic N) is 3. The molecule has 0 unspecified atom stereocenters. The van der Waals surface area contributed by atoms with Crippen LogP contribution in [0.15, 0.2) is 47.6 Å². The number of nitriles is 1. The summed E-state index contributed by atoms with van der Waals surface area (Å²) in [6.07, 6.45) is 1.25. The van der Waals surface area contributed by atoms with Gasteiger partial charge in [-0.1, -0.05) is 12.1 Å². The predicted molar refractivity (Wildman–Crippen MR) is 71.6 cm³/mol. The Kier molecular flexibility index (Phi) is 4.11. The van der Waals surface area contributed by atoms with Crippen LogP contribution in [0.1, 0.15) is 11.1 Å². The number of pyridine rings is 1. The first-order valence-corrected chi connectivity index (χ1v) is 6.40. The van der Waals surface area contributed by atoms with Crippen molar-refractivity contribution in [2.45, 2.75) is 10.8 Å². The van der Waals surface area contributed by atoms with Crippen molar-refractivity contribution in [3.05, 3.63) is 63.8 Å². The van der Waals surface area contributed by atoms with Crippen molar-refractivity contribution in [1.82, 2.24) is 4.98 Å². The minimum atomic E-state index is -0.470. The second kappa shape index (κ2) is 5.98. The lowest BCUT2D eigenvalue weighted by atomic mass is 10.2. The molecule has 0 bridgehead atoms. The van der Waals surface area contributed by atoms with Gasteiger partial charge in [-0.15, -0.1) is 11.8 Å². The quantitative estimate of drug-likeness (QED) is 0.484. The molecule has 0 saturated heterocycles. The van der Waals surface area contributed by atoms with Crippen molar-refractivity contribution in [1.29, 1.82) is 5.26 Å². The summed E-state index contributed by atoms with van der Waals surface area (Å²) in [4.78, 5) is 14.0. The van der Waals surface area contributed by atoms with Crippen LogP contribution in [0.5, 0.6) is 0 Å². The molecule has 1 heterocycles. The lowest BCUT2D eigenvalue weighted by molar-refractivity contribution is -0.385. The summed E-state index contributed by atoms with van der Waals surface area (Å²) in [5.41, 5.74) is 1.69. The molecule has 0 saturated carbocycles. The van der Waals surface area contributed by atoms with Gasteiger partial charge < -0.3 is 0 Å². The van der Waals surface area contributed by atoms with Crippen molar-refractivity contribution in [2.75, 3.05) is 0 Å². The molecular formula is C13H9N3O2S. The van der Waals surface area contributed by atoms with Crippen LogP contribution in [-0.2, 0) is 5.75 Å². The number of rotatable bonds is 4. The van der Waals surface area contributed by atoms with Crippen LogP contribution in [0.2, 0.25) is 0 Å². The molecule has 2 rings (SSSR count). The van der Waals surface area contributed by atoms with Crippen molar-refractivity contribution in [3.8, 4) is 6.07 Å². The average molecular weight is 271 g/mol. The summed E-state index contributed by atoms with van der Waals surface area (Å²) in [5, 5.41) is 19.9. The highest BCUT2D eigenvalue weighted by Crippen LogP contribution is 2.22. The van der Waals surface area contributed by atoms with Crippen LogP contribution in [0, 0.1) is 21.4 Å². The largest absolute Gasteiger partial charge is 0.287 e. The molecule has 6 heteroatoms. The molecule has 0 aliphatic heterocycles. The summed E-state index contributed by atoms with van der Waals surface area (Å²) in [7, 11) is 0. The molecule has 2 aromatic rings. The molecule has 0 radical (unpaired) electrons. The van der Waals surface area contributed by atoms with Crippen LogP contribution < -0.4 is 0 Å². The predicted octanol–water partition coefficient (Wildman–Crippen LogP) is 3.15. The second-order valence-electron chi connectivity index (χ2n) is 3.71. The molecule has 0 spiro atoms. The van der Waals surface area contributed by atoms with E-state index in [1.54, 1.807) is 18.2 Å². The minimum Gasteiger partial charge on any atom is -0.258 e. The first kappa shape index (κ1) is 13.1. The van der Waals surface area contributed by atoms with Gasteiger partial charge in [-0.3, -0.25) is 10.1 Å². The fourth-order valence-corrected chi connectivity index (χ4v) is 2.20. The van der Waals surface area contributed by atoms with Gasteiger partial charge in [0.05, 0.1) is 21.6 Å². The topological polar surface area (TPSA) is 79.8 Å². The number of hydrogen-bond donors (Lipinski definition) is 0. The summed E-state index contributed by atoms with van der Waals surface area (Å²) < 4.78 is 0. The van der Waals surface area contributed by atoms with Crippen molar-refractivity contribution >= 4 is 17.4 Å². The minimum absolute atomic E-state index is 0.0114. The molecule has 94 valence electrons. The van der Waals surface area contributed by atoms with Crippen LogP contribution in [0.3, 0.4) is 0 Å². The van der Waals surface area contributed by atoms with Crippen molar-refractivity contribution in [3.63, 3.8) is 0 Å². The normalized spacial score (nSPS) is 9.84. The molecular weight excluding hydrogens is 262 g/mol. The van der Waals surface area contributed by atoms with Gasteiger partial charge >= 0.3 is 0 Å². The van der Waals surface area contributed by atoms with E-state index < -0.39 is 4.92 Å². The Morgan fingerprint density at radius 1 is 1.26 bits per heavy atom. The SMILES string of the molecule is N#Cc1ccc(CSc2ccc([N+](=O)[O-])cn2)cc1. The Hall–Kier alpha value is -2.39. The van der Waals surface area contributed by atoms with Gasteiger partial charge in [0, 0.05) is 11.8 Å². The summed E-state index contributed by atoms with van der Waals surface area (Å²) in [5.74, 6) is 0.705. The molecule has 0 atom stereocenters. The smallest absolute Gasteiger partial charge is 0.258 e. The fourth-order valence-electron chi connectivity index (χ4n) is 1.40. The maximum Gasteiger partial charge on any atom is 0.287 e. The number of aromatic nitrogens is 1. The first-order valence-electron chi connectivity index (χ1n) is 5.41. The van der Waals surface area contributed by atoms with Gasteiger partial charge in [-0.05, 0) is 23.8 Å². The van der Waals surface area contributed by atoms with E-state index in [2.05, 4.69) is 11.1 Å². The van der Waals surface area contributed by atoms with E-state index >= 15 is 0 Å². The van der Waals surface area contributed by atoms with Crippen LogP contribution >= 0.6 is 11.8 Å². The molecule has 0 fully saturated rings. The van der Waals surface area contributed by atoms with E-state index in [0.29, 0.717) is 11.3 Å². The average Bonchev–Trinajstić information content (AvgIpc) is 2.46. The lowest BCUT2D eigenvalue weighted by Crippen LogP contribution is -1.89. The van der Waals surface area contributed by atoms with Crippen LogP contribution in [0.4, 0.5) is 5.69 Å². The number of hydrogen-bond acceptors (Lipinski definition) is 5. The van der Waals surface area contributed by atoms with Gasteiger partial charge in [0.15, 0.2) is 0 Å². The van der Waals surface area contributed by atoms with E-state index in [9.17, 15) is 10.1 Å². The first-order chi connectivity index (χ1) is 9.19. The molecule has 19 heavy (non-hydrogen) atoms. The van der Waals surface area contributed by atoms with E-state index in [-0.39, 0.29) is 5.69 Å². The highest BCUT2D eigenvalue weighted by atomic mass is 32.2. The molecule has 0 aliphatic rings. The van der Waals surface area contributed by atoms with Gasteiger partial charge in [-0.2, -0.15) is 5.26 Å². The molecule has 0 amide bonds. The van der Waals surface area contributed by atoms with E-state index in [1.807, 2.05) is 12.1 Å². The van der Waals surface area contributed by atoms with Gasteiger partial charge in [0.2, 0.25) is 0 Å². The fraction of sp³-hybridized carbons (Fsp3) is 0.0769. The monoisotopic (exact) mass is 271 g/mol. The Morgan fingerprint density at radius 3 is 2.53 bits per heavy atom. The lowest BCUT2D eigenvalue weighted by Gasteiger charge is -2.01. The van der Waals surface area contributed by atoms with Crippen molar-refractivity contribution < 1.29 is 4.92 Å². The molecule has 1 aromatic carbocycles. The summed E-state index contributed by atoms with van der Waals surface area (Å²) in [6.45, 7) is 0. The van der Waals surface area contributed by atoms with E-state index in [0.717, 1.165) is 10.6 Å². The zero-order chi connectivity index (χ0) is 13.7. The highest BCUT2D eigenvalue weighted by molar-refractivity contribution is 7.98. The molecule has 0 N–H and O–H groups in total. The molecule has 1 aromatic heterocycles. The Labute approximate surface area is 114 Å². The third kappa shape index (κ3) is 3.53. The third-order valence-corrected chi connectivity index (χ3v) is 3.42. The number of thioether (sulfide) groups is 1. The van der Waals surface area contributed by atoms with E-state index in [4.69, 9.17) is 5.26 Å². The van der Waals surface area contributed by atoms with Gasteiger partial charge in [-0.25, -0.2) is 4.98 Å². The molecule has 5 nitrogen and oxygen atoms in total. The standard InChI is InChI=1S/C13H9N3O2S/c14-7-10-1-3-11(4-2-10)9-19-13-6-5-12(8-15-13)16(17)18/h1-6,8H,9H2. The van der Waals surface area contributed by atoms with Crippen molar-refractivity contribution in [2.24, 2.45) is 0 Å². The Morgan fingerprint density at radius 2 is 2.00 bits per heavy atom. The maximum absolute atomic E-state index is 10.5. The van der Waals surface area contributed by atoms with Gasteiger partial charge in [0.25, 0.3) is 5.69 Å². The second-order valence-corrected chi connectivity index (χ2v) is 4.70. The zero-order valence-electron chi connectivity index (χ0n) is 9.81. The summed E-state index contributed by atoms with van der Waals surface area (Å²) >= 11 is 1.49. The third-order valence-electron chi connectivity index (χ3n) is 2.40. The highest BCUT2D eigenvalue weighted by Gasteiger charge is 2.05. The van der Waals surface area contributed by atoms with E-state index in [1.165, 1.54) is 24.0 Å². The van der Waals surface area contributed by atoms with Gasteiger partial charge in [0.1, 0.15) is 6.20 Å². The molecule has 0 aliphatic carbocycles. The number of benzene rings is 1. The summed E-state index contributed by atoms with van der Waals surface area (Å²) in [6, 6.07) is 12.4. The Bertz CT molecular complexity index is 618. The Balaban J connectivity index is 1.98. The maximum atomic E-state index is 10.5. The number of nitro groups is 1. The zero-order valence-corrected chi connectivity index (χ0v) is 10.6.